The Hall–Kier alpha value is -2.80. The Bertz CT molecular complexity index is 1040. The predicted molar refractivity (Wildman–Crippen MR) is 110 cm³/mol. The number of aliphatic hydroxyl groups excluding tert-OH is 1. The van der Waals surface area contributed by atoms with Gasteiger partial charge in [-0.3, -0.25) is 10.1 Å². The molecular formula is C23H23NO5. The lowest BCUT2D eigenvalue weighted by molar-refractivity contribution is -0.385. The van der Waals surface area contributed by atoms with Crippen molar-refractivity contribution in [3.05, 3.63) is 87.5 Å². The molecule has 1 heterocycles. The maximum Gasteiger partial charge on any atom is 0.272 e. The van der Waals surface area contributed by atoms with Crippen molar-refractivity contribution < 1.29 is 19.5 Å². The Morgan fingerprint density at radius 3 is 2.55 bits per heavy atom. The third kappa shape index (κ3) is 3.40. The number of rotatable bonds is 5. The molecule has 0 aromatic heterocycles. The van der Waals surface area contributed by atoms with Crippen LogP contribution in [0.15, 0.2) is 60.7 Å². The first-order valence-corrected chi connectivity index (χ1v) is 9.72. The number of nitrogens with zero attached hydrogens (tertiary/aromatic N) is 1. The van der Waals surface area contributed by atoms with E-state index in [-0.39, 0.29) is 18.2 Å². The van der Waals surface area contributed by atoms with Crippen molar-refractivity contribution in [3.8, 4) is 0 Å². The van der Waals surface area contributed by atoms with Gasteiger partial charge in [-0.25, -0.2) is 0 Å². The van der Waals surface area contributed by atoms with E-state index in [2.05, 4.69) is 0 Å². The van der Waals surface area contributed by atoms with E-state index in [1.54, 1.807) is 19.1 Å². The van der Waals surface area contributed by atoms with Crippen LogP contribution in [0.4, 0.5) is 5.69 Å². The Kier molecular flexibility index (Phi) is 5.32. The van der Waals surface area contributed by atoms with Crippen LogP contribution >= 0.6 is 0 Å². The second-order valence-electron chi connectivity index (χ2n) is 7.31. The third-order valence-corrected chi connectivity index (χ3v) is 5.45. The molecule has 6 nitrogen and oxygen atoms in total. The van der Waals surface area contributed by atoms with Gasteiger partial charge in [0.15, 0.2) is 0 Å². The maximum absolute atomic E-state index is 11.5. The number of fused-ring (bicyclic) bond motifs is 1. The Labute approximate surface area is 168 Å². The van der Waals surface area contributed by atoms with E-state index < -0.39 is 10.7 Å². The third-order valence-electron chi connectivity index (χ3n) is 5.45. The van der Waals surface area contributed by atoms with Crippen molar-refractivity contribution in [2.45, 2.75) is 25.0 Å². The van der Waals surface area contributed by atoms with Crippen LogP contribution in [-0.4, -0.2) is 29.9 Å². The fourth-order valence-electron chi connectivity index (χ4n) is 3.94. The van der Waals surface area contributed by atoms with Gasteiger partial charge in [-0.2, -0.15) is 0 Å². The SMILES string of the molecule is CC(CO)c1cc(C2(c3cccc4ccccc34)OCCCO2)ccc1[N+](=O)[O-]. The van der Waals surface area contributed by atoms with E-state index in [4.69, 9.17) is 9.47 Å². The molecule has 0 aliphatic carbocycles. The standard InChI is InChI=1S/C23H23NO5/c1-16(15-25)20-14-18(10-11-22(20)24(26)27)23(28-12-5-13-29-23)21-9-4-7-17-6-2-3-8-19(17)21/h2-4,6-11,14,16,25H,5,12-13,15H2,1H3. The summed E-state index contributed by atoms with van der Waals surface area (Å²) in [6.07, 6.45) is 0.777. The Morgan fingerprint density at radius 1 is 1.10 bits per heavy atom. The number of hydrogen-bond acceptors (Lipinski definition) is 5. The van der Waals surface area contributed by atoms with Gasteiger partial charge in [0.25, 0.3) is 5.69 Å². The Balaban J connectivity index is 1.96. The molecule has 1 N–H and O–H groups in total. The quantitative estimate of drug-likeness (QED) is 0.510. The summed E-state index contributed by atoms with van der Waals surface area (Å²) in [6, 6.07) is 18.9. The second-order valence-corrected chi connectivity index (χ2v) is 7.31. The number of hydrogen-bond donors (Lipinski definition) is 1. The topological polar surface area (TPSA) is 81.8 Å². The zero-order valence-electron chi connectivity index (χ0n) is 16.2. The minimum absolute atomic E-state index is 0.0146. The summed E-state index contributed by atoms with van der Waals surface area (Å²) in [5.74, 6) is -1.54. The van der Waals surface area contributed by atoms with E-state index in [1.807, 2.05) is 42.5 Å². The van der Waals surface area contributed by atoms with Crippen molar-refractivity contribution >= 4 is 16.5 Å². The molecule has 3 aromatic carbocycles. The van der Waals surface area contributed by atoms with Gasteiger partial charge >= 0.3 is 0 Å². The molecule has 0 bridgehead atoms. The number of nitro groups is 1. The van der Waals surface area contributed by atoms with Gasteiger partial charge < -0.3 is 14.6 Å². The van der Waals surface area contributed by atoms with E-state index in [0.717, 1.165) is 22.8 Å². The molecule has 3 aromatic rings. The molecular weight excluding hydrogens is 370 g/mol. The summed E-state index contributed by atoms with van der Waals surface area (Å²) in [5, 5.41) is 23.2. The molecule has 1 aliphatic heterocycles. The molecule has 1 unspecified atom stereocenters. The van der Waals surface area contributed by atoms with E-state index in [9.17, 15) is 15.2 Å². The van der Waals surface area contributed by atoms with Crippen molar-refractivity contribution in [1.82, 2.24) is 0 Å². The summed E-state index contributed by atoms with van der Waals surface area (Å²) in [6.45, 7) is 2.61. The minimum Gasteiger partial charge on any atom is -0.396 e. The predicted octanol–water partition coefficient (Wildman–Crippen LogP) is 4.48. The first-order chi connectivity index (χ1) is 14.1. The van der Waals surface area contributed by atoms with E-state index in [1.165, 1.54) is 6.07 Å². The fraction of sp³-hybridized carbons (Fsp3) is 0.304. The molecule has 1 aliphatic rings. The molecule has 0 radical (unpaired) electrons. The van der Waals surface area contributed by atoms with Crippen LogP contribution in [0.2, 0.25) is 0 Å². The highest BCUT2D eigenvalue weighted by Gasteiger charge is 2.41. The number of aliphatic hydroxyl groups is 1. The van der Waals surface area contributed by atoms with Crippen molar-refractivity contribution in [1.29, 1.82) is 0 Å². The monoisotopic (exact) mass is 393 g/mol. The lowest BCUT2D eigenvalue weighted by atomic mass is 9.88. The molecule has 150 valence electrons. The van der Waals surface area contributed by atoms with Crippen LogP contribution in [-0.2, 0) is 15.3 Å². The number of nitro benzene ring substituents is 1. The average molecular weight is 393 g/mol. The molecule has 0 amide bonds. The molecule has 1 saturated heterocycles. The highest BCUT2D eigenvalue weighted by atomic mass is 16.7. The van der Waals surface area contributed by atoms with Crippen molar-refractivity contribution in [2.24, 2.45) is 0 Å². The van der Waals surface area contributed by atoms with Gasteiger partial charge in [-0.15, -0.1) is 0 Å². The van der Waals surface area contributed by atoms with Gasteiger partial charge in [-0.05, 0) is 29.3 Å². The highest BCUT2D eigenvalue weighted by Crippen LogP contribution is 2.43. The zero-order chi connectivity index (χ0) is 20.4. The minimum atomic E-state index is -1.15. The van der Waals surface area contributed by atoms with E-state index in [0.29, 0.717) is 24.3 Å². The molecule has 1 fully saturated rings. The highest BCUT2D eigenvalue weighted by molar-refractivity contribution is 5.86. The zero-order valence-corrected chi connectivity index (χ0v) is 16.2. The molecule has 0 spiro atoms. The van der Waals surface area contributed by atoms with E-state index >= 15 is 0 Å². The number of benzene rings is 3. The van der Waals surface area contributed by atoms with Crippen LogP contribution in [0, 0.1) is 10.1 Å². The van der Waals surface area contributed by atoms with Gasteiger partial charge in [0.2, 0.25) is 5.79 Å². The van der Waals surface area contributed by atoms with Gasteiger partial charge in [0.05, 0.1) is 18.1 Å². The van der Waals surface area contributed by atoms with Crippen molar-refractivity contribution in [2.75, 3.05) is 19.8 Å². The summed E-state index contributed by atoms with van der Waals surface area (Å²) >= 11 is 0. The normalized spacial score (nSPS) is 17.2. The molecule has 0 saturated carbocycles. The fourth-order valence-corrected chi connectivity index (χ4v) is 3.94. The van der Waals surface area contributed by atoms with Gasteiger partial charge in [0.1, 0.15) is 0 Å². The van der Waals surface area contributed by atoms with Crippen LogP contribution < -0.4 is 0 Å². The van der Waals surface area contributed by atoms with Crippen molar-refractivity contribution in [3.63, 3.8) is 0 Å². The largest absolute Gasteiger partial charge is 0.396 e. The molecule has 4 rings (SSSR count). The number of ether oxygens (including phenoxy) is 2. The first-order valence-electron chi connectivity index (χ1n) is 9.72. The lowest BCUT2D eigenvalue weighted by Gasteiger charge is -2.39. The lowest BCUT2D eigenvalue weighted by Crippen LogP contribution is -2.39. The maximum atomic E-state index is 11.5. The summed E-state index contributed by atoms with van der Waals surface area (Å²) in [7, 11) is 0. The van der Waals surface area contributed by atoms with Gasteiger partial charge in [0, 0.05) is 35.3 Å². The smallest absolute Gasteiger partial charge is 0.272 e. The van der Waals surface area contributed by atoms with Crippen LogP contribution in [0.5, 0.6) is 0 Å². The average Bonchev–Trinajstić information content (AvgIpc) is 2.78. The molecule has 6 heteroatoms. The Morgan fingerprint density at radius 2 is 1.83 bits per heavy atom. The van der Waals surface area contributed by atoms with Crippen LogP contribution in [0.1, 0.15) is 36.0 Å². The van der Waals surface area contributed by atoms with Gasteiger partial charge in [-0.1, -0.05) is 49.4 Å². The summed E-state index contributed by atoms with van der Waals surface area (Å²) in [4.78, 5) is 11.1. The second kappa shape index (κ2) is 7.91. The first kappa shape index (κ1) is 19.5. The van der Waals surface area contributed by atoms with Crippen LogP contribution in [0.3, 0.4) is 0 Å². The summed E-state index contributed by atoms with van der Waals surface area (Å²) < 4.78 is 12.5. The van der Waals surface area contributed by atoms with Crippen LogP contribution in [0.25, 0.3) is 10.8 Å². The molecule has 29 heavy (non-hydrogen) atoms. The molecule has 1 atom stereocenters. The summed E-state index contributed by atoms with van der Waals surface area (Å²) in [5.41, 5.74) is 2.01.